The number of aliphatic hydroxyl groups is 1. The van der Waals surface area contributed by atoms with Crippen molar-refractivity contribution >= 4 is 34.2 Å². The summed E-state index contributed by atoms with van der Waals surface area (Å²) in [6.45, 7) is 2.29. The maximum absolute atomic E-state index is 13.2. The number of nitrogens with zero attached hydrogens (tertiary/aromatic N) is 2. The van der Waals surface area contributed by atoms with Gasteiger partial charge in [-0.25, -0.2) is 0 Å². The van der Waals surface area contributed by atoms with Crippen molar-refractivity contribution in [2.75, 3.05) is 32.9 Å². The van der Waals surface area contributed by atoms with Gasteiger partial charge in [-0.05, 0) is 67.9 Å². The van der Waals surface area contributed by atoms with E-state index in [9.17, 15) is 15.1 Å². The Balaban J connectivity index is 1.42. The minimum atomic E-state index is -0.682. The SMILES string of the molecule is O=C(NC(CO)C(c1ccc2c(c1)OCCO2)N1CCCC1)/C(=N/O)c1cc2cc(Cl)ccc2o1. The molecule has 35 heavy (non-hydrogen) atoms. The van der Waals surface area contributed by atoms with Gasteiger partial charge in [0.1, 0.15) is 18.8 Å². The van der Waals surface area contributed by atoms with Crippen molar-refractivity contribution in [2.45, 2.75) is 24.9 Å². The molecule has 0 spiro atoms. The lowest BCUT2D eigenvalue weighted by atomic mass is 9.97. The maximum atomic E-state index is 13.2. The minimum Gasteiger partial charge on any atom is -0.486 e. The Morgan fingerprint density at radius 2 is 1.86 bits per heavy atom. The minimum absolute atomic E-state index is 0.0935. The molecule has 0 saturated carbocycles. The van der Waals surface area contributed by atoms with Gasteiger partial charge in [-0.1, -0.05) is 22.8 Å². The second-order valence-electron chi connectivity index (χ2n) is 8.59. The first-order chi connectivity index (χ1) is 17.1. The predicted octanol–water partition coefficient (Wildman–Crippen LogP) is 3.35. The van der Waals surface area contributed by atoms with Crippen LogP contribution in [0, 0.1) is 0 Å². The van der Waals surface area contributed by atoms with E-state index in [1.165, 1.54) is 0 Å². The Hall–Kier alpha value is -3.27. The normalized spacial score (nSPS) is 17.9. The van der Waals surface area contributed by atoms with Crippen molar-refractivity contribution in [1.82, 2.24) is 10.2 Å². The number of hydrogen-bond donors (Lipinski definition) is 3. The van der Waals surface area contributed by atoms with Gasteiger partial charge >= 0.3 is 0 Å². The number of halogens is 1. The topological polar surface area (TPSA) is 117 Å². The summed E-state index contributed by atoms with van der Waals surface area (Å²) in [6.07, 6.45) is 2.05. The van der Waals surface area contributed by atoms with Crippen LogP contribution in [0.4, 0.5) is 0 Å². The number of benzene rings is 2. The van der Waals surface area contributed by atoms with E-state index in [1.54, 1.807) is 24.3 Å². The Labute approximate surface area is 206 Å². The lowest BCUT2D eigenvalue weighted by molar-refractivity contribution is -0.116. The van der Waals surface area contributed by atoms with Crippen LogP contribution in [0.25, 0.3) is 11.0 Å². The standard InChI is InChI=1S/C25H26ClN3O6/c26-17-4-6-19-16(11-17)13-22(35-19)23(28-32)25(31)27-18(14-30)24(29-7-1-2-8-29)15-3-5-20-21(12-15)34-10-9-33-20/h3-6,11-13,18,24,30,32H,1-2,7-10,14H2,(H,27,31)/b28-23+. The summed E-state index contributed by atoms with van der Waals surface area (Å²) in [5.74, 6) is 0.735. The van der Waals surface area contributed by atoms with E-state index >= 15 is 0 Å². The molecule has 3 heterocycles. The number of rotatable bonds is 7. The number of nitrogens with one attached hydrogen (secondary N) is 1. The van der Waals surface area contributed by atoms with E-state index in [0.29, 0.717) is 40.7 Å². The van der Waals surface area contributed by atoms with Gasteiger partial charge in [0.2, 0.25) is 5.71 Å². The monoisotopic (exact) mass is 499 g/mol. The fraction of sp³-hybridized carbons (Fsp3) is 0.360. The molecule has 1 amide bonds. The third kappa shape index (κ3) is 4.80. The smallest absolute Gasteiger partial charge is 0.277 e. The number of furan rings is 1. The highest BCUT2D eigenvalue weighted by Gasteiger charge is 2.34. The molecule has 10 heteroatoms. The number of ether oxygens (including phenoxy) is 2. The number of aliphatic hydroxyl groups excluding tert-OH is 1. The van der Waals surface area contributed by atoms with Crippen LogP contribution in [0.5, 0.6) is 11.5 Å². The van der Waals surface area contributed by atoms with Gasteiger partial charge < -0.3 is 29.5 Å². The van der Waals surface area contributed by atoms with Crippen molar-refractivity contribution < 1.29 is 29.0 Å². The molecule has 2 aliphatic rings. The van der Waals surface area contributed by atoms with E-state index in [-0.39, 0.29) is 24.1 Å². The second-order valence-corrected chi connectivity index (χ2v) is 9.03. The molecule has 5 rings (SSSR count). The van der Waals surface area contributed by atoms with Gasteiger partial charge in [-0.15, -0.1) is 0 Å². The largest absolute Gasteiger partial charge is 0.486 e. The number of oxime groups is 1. The zero-order valence-corrected chi connectivity index (χ0v) is 19.7. The van der Waals surface area contributed by atoms with Crippen molar-refractivity contribution in [2.24, 2.45) is 5.16 Å². The third-order valence-corrected chi connectivity index (χ3v) is 6.60. The van der Waals surface area contributed by atoms with E-state index in [0.717, 1.165) is 31.5 Å². The van der Waals surface area contributed by atoms with Crippen LogP contribution in [-0.4, -0.2) is 65.8 Å². The van der Waals surface area contributed by atoms with Crippen LogP contribution < -0.4 is 14.8 Å². The Morgan fingerprint density at radius 1 is 1.09 bits per heavy atom. The quantitative estimate of drug-likeness (QED) is 0.259. The summed E-state index contributed by atoms with van der Waals surface area (Å²) >= 11 is 6.04. The molecular weight excluding hydrogens is 474 g/mol. The van der Waals surface area contributed by atoms with E-state index in [4.69, 9.17) is 25.5 Å². The van der Waals surface area contributed by atoms with E-state index in [2.05, 4.69) is 15.4 Å². The molecule has 2 aromatic carbocycles. The molecule has 2 aliphatic heterocycles. The molecule has 1 fully saturated rings. The molecule has 1 saturated heterocycles. The maximum Gasteiger partial charge on any atom is 0.277 e. The van der Waals surface area contributed by atoms with Crippen LogP contribution in [0.15, 0.2) is 52.0 Å². The highest BCUT2D eigenvalue weighted by molar-refractivity contribution is 6.44. The first-order valence-corrected chi connectivity index (χ1v) is 11.9. The van der Waals surface area contributed by atoms with E-state index < -0.39 is 11.9 Å². The summed E-state index contributed by atoms with van der Waals surface area (Å²) in [5, 5.41) is 27.2. The molecule has 9 nitrogen and oxygen atoms in total. The summed E-state index contributed by atoms with van der Waals surface area (Å²) < 4.78 is 17.1. The van der Waals surface area contributed by atoms with Gasteiger partial charge in [-0.2, -0.15) is 0 Å². The Kier molecular flexibility index (Phi) is 6.81. The molecule has 2 atom stereocenters. The Bertz CT molecular complexity index is 1250. The fourth-order valence-electron chi connectivity index (χ4n) is 4.76. The van der Waals surface area contributed by atoms with Gasteiger partial charge in [0.05, 0.1) is 18.7 Å². The molecule has 1 aromatic heterocycles. The number of carbonyl (C=O) groups is 1. The molecule has 0 radical (unpaired) electrons. The molecular formula is C25H26ClN3O6. The molecule has 184 valence electrons. The number of hydrogen-bond acceptors (Lipinski definition) is 8. The zero-order chi connectivity index (χ0) is 24.4. The van der Waals surface area contributed by atoms with Crippen molar-refractivity contribution in [3.05, 3.63) is 58.8 Å². The Morgan fingerprint density at radius 3 is 2.60 bits per heavy atom. The number of amides is 1. The van der Waals surface area contributed by atoms with E-state index in [1.807, 2.05) is 18.2 Å². The molecule has 3 aromatic rings. The van der Waals surface area contributed by atoms with Crippen LogP contribution in [0.2, 0.25) is 5.02 Å². The summed E-state index contributed by atoms with van der Waals surface area (Å²) in [5.41, 5.74) is 1.10. The van der Waals surface area contributed by atoms with Crippen molar-refractivity contribution in [3.63, 3.8) is 0 Å². The second kappa shape index (κ2) is 10.2. The van der Waals surface area contributed by atoms with Gasteiger partial charge in [0, 0.05) is 10.4 Å². The average molecular weight is 500 g/mol. The number of fused-ring (bicyclic) bond motifs is 2. The lowest BCUT2D eigenvalue weighted by Crippen LogP contribution is -2.49. The fourth-order valence-corrected chi connectivity index (χ4v) is 4.94. The highest BCUT2D eigenvalue weighted by Crippen LogP contribution is 2.36. The van der Waals surface area contributed by atoms with Crippen molar-refractivity contribution in [1.29, 1.82) is 0 Å². The van der Waals surface area contributed by atoms with Crippen LogP contribution in [0.3, 0.4) is 0 Å². The van der Waals surface area contributed by atoms with Crippen molar-refractivity contribution in [3.8, 4) is 11.5 Å². The molecule has 2 unspecified atom stereocenters. The summed E-state index contributed by atoms with van der Waals surface area (Å²) in [7, 11) is 0. The number of likely N-dealkylation sites (tertiary alicyclic amines) is 1. The lowest BCUT2D eigenvalue weighted by Gasteiger charge is -2.35. The van der Waals surface area contributed by atoms with Gasteiger partial charge in [0.25, 0.3) is 5.91 Å². The first kappa shape index (κ1) is 23.5. The summed E-state index contributed by atoms with van der Waals surface area (Å²) in [6, 6.07) is 11.3. The number of carbonyl (C=O) groups excluding carboxylic acids is 1. The average Bonchev–Trinajstić information content (AvgIpc) is 3.54. The zero-order valence-electron chi connectivity index (χ0n) is 18.9. The molecule has 0 bridgehead atoms. The predicted molar refractivity (Wildman–Crippen MR) is 130 cm³/mol. The highest BCUT2D eigenvalue weighted by atomic mass is 35.5. The first-order valence-electron chi connectivity index (χ1n) is 11.5. The van der Waals surface area contributed by atoms with Gasteiger partial charge in [-0.3, -0.25) is 9.69 Å². The molecule has 0 aliphatic carbocycles. The summed E-state index contributed by atoms with van der Waals surface area (Å²) in [4.78, 5) is 15.4. The third-order valence-electron chi connectivity index (χ3n) is 6.36. The van der Waals surface area contributed by atoms with Crippen LogP contribution in [-0.2, 0) is 4.79 Å². The van der Waals surface area contributed by atoms with Gasteiger partial charge in [0.15, 0.2) is 17.3 Å². The van der Waals surface area contributed by atoms with Crippen LogP contribution >= 0.6 is 11.6 Å². The molecule has 3 N–H and O–H groups in total. The van der Waals surface area contributed by atoms with Crippen LogP contribution in [0.1, 0.15) is 30.2 Å².